The van der Waals surface area contributed by atoms with Crippen molar-refractivity contribution in [3.63, 3.8) is 0 Å². The highest BCUT2D eigenvalue weighted by molar-refractivity contribution is 7.17. The first-order valence-electron chi connectivity index (χ1n) is 6.96. The Morgan fingerprint density at radius 2 is 2.26 bits per heavy atom. The Hall–Kier alpha value is -1.10. The van der Waals surface area contributed by atoms with Gasteiger partial charge in [0.1, 0.15) is 4.88 Å². The summed E-state index contributed by atoms with van der Waals surface area (Å²) in [5.74, 6) is 1.76. The number of carbonyl (C=O) groups is 1. The average Bonchev–Trinajstić information content (AvgIpc) is 3.02. The zero-order chi connectivity index (χ0) is 13.6. The fourth-order valence-electron chi connectivity index (χ4n) is 3.77. The van der Waals surface area contributed by atoms with E-state index >= 15 is 0 Å². The maximum atomic E-state index is 11.1. The number of rotatable bonds is 4. The third kappa shape index (κ3) is 2.36. The maximum absolute atomic E-state index is 11.1. The number of carboxylic acids is 1. The molecular formula is C14H20N2O2S. The molecule has 1 aromatic rings. The van der Waals surface area contributed by atoms with Crippen molar-refractivity contribution in [3.8, 4) is 0 Å². The van der Waals surface area contributed by atoms with Crippen LogP contribution in [0.3, 0.4) is 0 Å². The van der Waals surface area contributed by atoms with Gasteiger partial charge in [-0.3, -0.25) is 0 Å². The Labute approximate surface area is 117 Å². The summed E-state index contributed by atoms with van der Waals surface area (Å²) in [6, 6.07) is 0. The predicted molar refractivity (Wildman–Crippen MR) is 76.0 cm³/mol. The van der Waals surface area contributed by atoms with E-state index < -0.39 is 5.97 Å². The third-order valence-electron chi connectivity index (χ3n) is 4.70. The maximum Gasteiger partial charge on any atom is 0.347 e. The van der Waals surface area contributed by atoms with E-state index in [1.54, 1.807) is 6.92 Å². The minimum Gasteiger partial charge on any atom is -0.477 e. The van der Waals surface area contributed by atoms with Crippen LogP contribution < -0.4 is 4.90 Å². The average molecular weight is 280 g/mol. The highest BCUT2D eigenvalue weighted by atomic mass is 32.1. The zero-order valence-corrected chi connectivity index (χ0v) is 12.2. The Kier molecular flexibility index (Phi) is 3.25. The Balaban J connectivity index is 1.68. The highest BCUT2D eigenvalue weighted by Crippen LogP contribution is 2.48. The topological polar surface area (TPSA) is 53.4 Å². The van der Waals surface area contributed by atoms with Gasteiger partial charge in [0.25, 0.3) is 0 Å². The Morgan fingerprint density at radius 1 is 1.47 bits per heavy atom. The molecule has 2 aliphatic carbocycles. The summed E-state index contributed by atoms with van der Waals surface area (Å²) in [5, 5.41) is 9.93. The molecule has 1 aromatic heterocycles. The lowest BCUT2D eigenvalue weighted by atomic mass is 9.88. The number of aryl methyl sites for hydroxylation is 1. The fourth-order valence-corrected chi connectivity index (χ4v) is 4.65. The van der Waals surface area contributed by atoms with Crippen molar-refractivity contribution >= 4 is 22.4 Å². The largest absolute Gasteiger partial charge is 0.477 e. The number of thiazole rings is 1. The molecule has 0 aromatic carbocycles. The lowest BCUT2D eigenvalue weighted by Crippen LogP contribution is -2.28. The van der Waals surface area contributed by atoms with Gasteiger partial charge in [0, 0.05) is 13.6 Å². The van der Waals surface area contributed by atoms with E-state index in [-0.39, 0.29) is 0 Å². The van der Waals surface area contributed by atoms with Crippen molar-refractivity contribution in [2.75, 3.05) is 18.5 Å². The minimum absolute atomic E-state index is 0.370. The predicted octanol–water partition coefficient (Wildman–Crippen LogP) is 3.02. The van der Waals surface area contributed by atoms with Crippen LogP contribution in [0.15, 0.2) is 0 Å². The molecule has 2 fully saturated rings. The molecule has 4 nitrogen and oxygen atoms in total. The van der Waals surface area contributed by atoms with Crippen molar-refractivity contribution in [2.45, 2.75) is 32.6 Å². The molecule has 0 aliphatic heterocycles. The quantitative estimate of drug-likeness (QED) is 0.921. The molecule has 0 amide bonds. The molecule has 0 spiro atoms. The van der Waals surface area contributed by atoms with Crippen LogP contribution in [0.1, 0.15) is 41.0 Å². The normalized spacial score (nSPS) is 28.8. The molecule has 3 rings (SSSR count). The van der Waals surface area contributed by atoms with E-state index in [1.807, 2.05) is 7.05 Å². The Bertz CT molecular complexity index is 500. The van der Waals surface area contributed by atoms with Crippen LogP contribution in [0, 0.1) is 24.7 Å². The summed E-state index contributed by atoms with van der Waals surface area (Å²) < 4.78 is 0. The van der Waals surface area contributed by atoms with Crippen molar-refractivity contribution in [3.05, 3.63) is 10.6 Å². The first kappa shape index (κ1) is 12.9. The van der Waals surface area contributed by atoms with Gasteiger partial charge in [-0.05, 0) is 43.9 Å². The fraction of sp³-hybridized carbons (Fsp3) is 0.714. The molecule has 0 saturated heterocycles. The third-order valence-corrected chi connectivity index (χ3v) is 5.96. The molecule has 104 valence electrons. The van der Waals surface area contributed by atoms with Crippen LogP contribution in [-0.4, -0.2) is 29.7 Å². The standard InChI is InChI=1S/C14H20N2O2S/c1-8-12(13(17)18)19-14(15-8)16(2)7-11-6-9-3-4-10(11)5-9/h9-11H,3-7H2,1-2H3,(H,17,18). The van der Waals surface area contributed by atoms with Crippen LogP contribution in [0.25, 0.3) is 0 Å². The van der Waals surface area contributed by atoms with Gasteiger partial charge < -0.3 is 10.0 Å². The van der Waals surface area contributed by atoms with Crippen LogP contribution in [0.5, 0.6) is 0 Å². The van der Waals surface area contributed by atoms with Gasteiger partial charge in [-0.25, -0.2) is 9.78 Å². The molecule has 3 atom stereocenters. The van der Waals surface area contributed by atoms with E-state index in [4.69, 9.17) is 5.11 Å². The van der Waals surface area contributed by atoms with Gasteiger partial charge in [-0.2, -0.15) is 0 Å². The molecule has 1 heterocycles. The van der Waals surface area contributed by atoms with Gasteiger partial charge in [-0.1, -0.05) is 17.8 Å². The molecular weight excluding hydrogens is 260 g/mol. The van der Waals surface area contributed by atoms with Crippen molar-refractivity contribution in [1.82, 2.24) is 4.98 Å². The number of aromatic carboxylic acids is 1. The summed E-state index contributed by atoms with van der Waals surface area (Å²) in [7, 11) is 2.04. The smallest absolute Gasteiger partial charge is 0.347 e. The monoisotopic (exact) mass is 280 g/mol. The van der Waals surface area contributed by atoms with Gasteiger partial charge in [0.2, 0.25) is 0 Å². The lowest BCUT2D eigenvalue weighted by Gasteiger charge is -2.26. The second-order valence-electron chi connectivity index (χ2n) is 6.03. The molecule has 2 aliphatic rings. The molecule has 2 saturated carbocycles. The second kappa shape index (κ2) is 4.78. The SMILES string of the molecule is Cc1nc(N(C)CC2CC3CCC2C3)sc1C(=O)O. The zero-order valence-electron chi connectivity index (χ0n) is 11.4. The van der Waals surface area contributed by atoms with E-state index in [0.717, 1.165) is 29.4 Å². The molecule has 3 unspecified atom stereocenters. The molecule has 19 heavy (non-hydrogen) atoms. The molecule has 1 N–H and O–H groups in total. The molecule has 0 radical (unpaired) electrons. The van der Waals surface area contributed by atoms with Gasteiger partial charge in [0.05, 0.1) is 5.69 Å². The second-order valence-corrected chi connectivity index (χ2v) is 7.01. The first-order valence-corrected chi connectivity index (χ1v) is 7.78. The van der Waals surface area contributed by atoms with Crippen molar-refractivity contribution in [1.29, 1.82) is 0 Å². The lowest BCUT2D eigenvalue weighted by molar-refractivity contribution is 0.0701. The number of fused-ring (bicyclic) bond motifs is 2. The number of nitrogens with zero attached hydrogens (tertiary/aromatic N) is 2. The molecule has 5 heteroatoms. The number of carboxylic acid groups (broad SMARTS) is 1. The van der Waals surface area contributed by atoms with Crippen molar-refractivity contribution in [2.24, 2.45) is 17.8 Å². The highest BCUT2D eigenvalue weighted by Gasteiger charge is 2.39. The van der Waals surface area contributed by atoms with E-state index in [1.165, 1.54) is 37.0 Å². The van der Waals surface area contributed by atoms with Crippen LogP contribution in [0.4, 0.5) is 5.13 Å². The van der Waals surface area contributed by atoms with E-state index in [2.05, 4.69) is 9.88 Å². The van der Waals surface area contributed by atoms with Gasteiger partial charge >= 0.3 is 5.97 Å². The summed E-state index contributed by atoms with van der Waals surface area (Å²) in [4.78, 5) is 18.0. The number of anilines is 1. The summed E-state index contributed by atoms with van der Waals surface area (Å²) >= 11 is 1.29. The minimum atomic E-state index is -0.866. The molecule has 2 bridgehead atoms. The van der Waals surface area contributed by atoms with Crippen LogP contribution >= 0.6 is 11.3 Å². The van der Waals surface area contributed by atoms with Gasteiger partial charge in [0.15, 0.2) is 5.13 Å². The van der Waals surface area contributed by atoms with Crippen LogP contribution in [-0.2, 0) is 0 Å². The van der Waals surface area contributed by atoms with E-state index in [0.29, 0.717) is 10.6 Å². The summed E-state index contributed by atoms with van der Waals surface area (Å²) in [5.41, 5.74) is 0.632. The van der Waals surface area contributed by atoms with Gasteiger partial charge in [-0.15, -0.1) is 0 Å². The summed E-state index contributed by atoms with van der Waals surface area (Å²) in [6.07, 6.45) is 5.58. The van der Waals surface area contributed by atoms with E-state index in [9.17, 15) is 4.79 Å². The number of hydrogen-bond donors (Lipinski definition) is 1. The number of aromatic nitrogens is 1. The summed E-state index contributed by atoms with van der Waals surface area (Å²) in [6.45, 7) is 2.79. The number of hydrogen-bond acceptors (Lipinski definition) is 4. The van der Waals surface area contributed by atoms with Crippen LogP contribution in [0.2, 0.25) is 0 Å². The first-order chi connectivity index (χ1) is 9.04. The Morgan fingerprint density at radius 3 is 2.79 bits per heavy atom. The van der Waals surface area contributed by atoms with Crippen molar-refractivity contribution < 1.29 is 9.90 Å².